The molecule has 1 aromatic heterocycles. The first-order valence-corrected chi connectivity index (χ1v) is 10.7. The van der Waals surface area contributed by atoms with E-state index in [-0.39, 0.29) is 23.8 Å². The molecule has 3 aromatic rings. The highest BCUT2D eigenvalue weighted by Gasteiger charge is 2.27. The average molecular weight is 446 g/mol. The van der Waals surface area contributed by atoms with Gasteiger partial charge in [-0.25, -0.2) is 17.7 Å². The Morgan fingerprint density at radius 3 is 2.58 bits per heavy atom. The summed E-state index contributed by atoms with van der Waals surface area (Å²) in [7, 11) is 1.66. The van der Waals surface area contributed by atoms with Crippen molar-refractivity contribution in [1.29, 1.82) is 0 Å². The Labute approximate surface area is 179 Å². The molecule has 1 atom stereocenters. The van der Waals surface area contributed by atoms with Crippen molar-refractivity contribution < 1.29 is 22.3 Å². The number of pyridine rings is 1. The molecule has 0 saturated heterocycles. The molecule has 162 valence electrons. The lowest BCUT2D eigenvalue weighted by Gasteiger charge is -2.15. The van der Waals surface area contributed by atoms with Gasteiger partial charge in [-0.15, -0.1) is 0 Å². The standard InChI is InChI=1S/C22H20F2N2O4S/c1-26-12-15(9-18(22(26)27)14-3-4-14)17-8-13(11-25-31(28)29)2-6-20(17)30-21-7-5-16(23)10-19(21)24/h2,5-10,12,14,25H,3-4,11H2,1H3,(H,28,29). The predicted octanol–water partition coefficient (Wildman–Crippen LogP) is 4.23. The molecule has 1 heterocycles. The van der Waals surface area contributed by atoms with Gasteiger partial charge in [0.1, 0.15) is 11.6 Å². The van der Waals surface area contributed by atoms with Gasteiger partial charge in [0.15, 0.2) is 11.6 Å². The van der Waals surface area contributed by atoms with Crippen molar-refractivity contribution in [3.63, 3.8) is 0 Å². The molecule has 0 bridgehead atoms. The zero-order valence-electron chi connectivity index (χ0n) is 16.6. The van der Waals surface area contributed by atoms with Crippen LogP contribution < -0.4 is 15.0 Å². The topological polar surface area (TPSA) is 80.6 Å². The van der Waals surface area contributed by atoms with Crippen LogP contribution in [0.25, 0.3) is 11.1 Å². The van der Waals surface area contributed by atoms with Crippen molar-refractivity contribution in [2.75, 3.05) is 0 Å². The van der Waals surface area contributed by atoms with Gasteiger partial charge in [-0.3, -0.25) is 9.35 Å². The van der Waals surface area contributed by atoms with Crippen LogP contribution in [0.3, 0.4) is 0 Å². The normalized spacial score (nSPS) is 14.5. The van der Waals surface area contributed by atoms with Crippen molar-refractivity contribution in [2.45, 2.75) is 25.3 Å². The minimum absolute atomic E-state index is 0.0632. The molecular weight excluding hydrogens is 426 g/mol. The van der Waals surface area contributed by atoms with E-state index in [2.05, 4.69) is 4.72 Å². The summed E-state index contributed by atoms with van der Waals surface area (Å²) >= 11 is -2.18. The number of hydrogen-bond donors (Lipinski definition) is 2. The molecule has 1 aliphatic rings. The number of ether oxygens (including phenoxy) is 1. The van der Waals surface area contributed by atoms with E-state index in [1.165, 1.54) is 10.6 Å². The van der Waals surface area contributed by atoms with Crippen LogP contribution in [0.4, 0.5) is 8.78 Å². The monoisotopic (exact) mass is 446 g/mol. The summed E-state index contributed by atoms with van der Waals surface area (Å²) in [4.78, 5) is 12.5. The SMILES string of the molecule is Cn1cc(-c2cc(CNS(=O)O)ccc2Oc2ccc(F)cc2F)cc(C2CC2)c1=O. The highest BCUT2D eigenvalue weighted by atomic mass is 32.2. The number of nitrogens with zero attached hydrogens (tertiary/aromatic N) is 1. The van der Waals surface area contributed by atoms with Gasteiger partial charge in [-0.1, -0.05) is 6.07 Å². The molecule has 4 rings (SSSR count). The largest absolute Gasteiger partial charge is 0.454 e. The van der Waals surface area contributed by atoms with Gasteiger partial charge in [0.05, 0.1) is 0 Å². The fourth-order valence-corrected chi connectivity index (χ4v) is 3.68. The third kappa shape index (κ3) is 4.90. The number of aromatic nitrogens is 1. The molecule has 1 saturated carbocycles. The summed E-state index contributed by atoms with van der Waals surface area (Å²) in [6.07, 6.45) is 3.57. The summed E-state index contributed by atoms with van der Waals surface area (Å²) in [5.41, 5.74) is 2.59. The molecular formula is C22H20F2N2O4S. The van der Waals surface area contributed by atoms with Crippen LogP contribution in [0, 0.1) is 11.6 Å². The van der Waals surface area contributed by atoms with Crippen LogP contribution in [0.2, 0.25) is 0 Å². The lowest BCUT2D eigenvalue weighted by atomic mass is 10.0. The molecule has 31 heavy (non-hydrogen) atoms. The van der Waals surface area contributed by atoms with Gasteiger partial charge < -0.3 is 9.30 Å². The Morgan fingerprint density at radius 2 is 1.90 bits per heavy atom. The summed E-state index contributed by atoms with van der Waals surface area (Å²) in [5.74, 6) is -1.17. The van der Waals surface area contributed by atoms with E-state index in [1.54, 1.807) is 31.4 Å². The molecule has 2 aromatic carbocycles. The van der Waals surface area contributed by atoms with Crippen LogP contribution in [0.1, 0.15) is 29.9 Å². The number of halogens is 2. The third-order valence-corrected chi connectivity index (χ3v) is 5.49. The van der Waals surface area contributed by atoms with Crippen LogP contribution in [-0.2, 0) is 24.9 Å². The van der Waals surface area contributed by atoms with E-state index < -0.39 is 22.9 Å². The van der Waals surface area contributed by atoms with Gasteiger partial charge >= 0.3 is 0 Å². The first kappa shape index (κ1) is 21.4. The fraction of sp³-hybridized carbons (Fsp3) is 0.227. The Balaban J connectivity index is 1.80. The van der Waals surface area contributed by atoms with Gasteiger partial charge in [0.25, 0.3) is 5.56 Å². The summed E-state index contributed by atoms with van der Waals surface area (Å²) in [5, 5.41) is 0. The highest BCUT2D eigenvalue weighted by molar-refractivity contribution is 7.77. The van der Waals surface area contributed by atoms with E-state index in [4.69, 9.17) is 9.29 Å². The molecule has 2 N–H and O–H groups in total. The second-order valence-corrected chi connectivity index (χ2v) is 8.24. The predicted molar refractivity (Wildman–Crippen MR) is 113 cm³/mol. The minimum Gasteiger partial charge on any atom is -0.454 e. The maximum atomic E-state index is 14.2. The summed E-state index contributed by atoms with van der Waals surface area (Å²) in [6, 6.07) is 9.87. The minimum atomic E-state index is -2.18. The van der Waals surface area contributed by atoms with Crippen LogP contribution in [-0.4, -0.2) is 13.3 Å². The second-order valence-electron chi connectivity index (χ2n) is 7.45. The van der Waals surface area contributed by atoms with Crippen LogP contribution in [0.5, 0.6) is 11.5 Å². The number of nitrogens with one attached hydrogen (secondary N) is 1. The third-order valence-electron chi connectivity index (χ3n) is 5.10. The van der Waals surface area contributed by atoms with Crippen molar-refractivity contribution >= 4 is 11.3 Å². The molecule has 6 nitrogen and oxygen atoms in total. The van der Waals surface area contributed by atoms with Crippen molar-refractivity contribution in [3.8, 4) is 22.6 Å². The Hall–Kier alpha value is -2.88. The van der Waals surface area contributed by atoms with E-state index in [9.17, 15) is 17.8 Å². The smallest absolute Gasteiger partial charge is 0.253 e. The maximum Gasteiger partial charge on any atom is 0.253 e. The van der Waals surface area contributed by atoms with Crippen molar-refractivity contribution in [1.82, 2.24) is 9.29 Å². The Kier molecular flexibility index (Phi) is 5.99. The highest BCUT2D eigenvalue weighted by Crippen LogP contribution is 2.41. The molecule has 1 unspecified atom stereocenters. The lowest BCUT2D eigenvalue weighted by molar-refractivity contribution is 0.439. The van der Waals surface area contributed by atoms with Gasteiger partial charge in [0, 0.05) is 42.5 Å². The van der Waals surface area contributed by atoms with Crippen LogP contribution >= 0.6 is 0 Å². The second kappa shape index (κ2) is 8.70. The molecule has 1 fully saturated rings. The van der Waals surface area contributed by atoms with Crippen LogP contribution in [0.15, 0.2) is 53.5 Å². The number of hydrogen-bond acceptors (Lipinski definition) is 3. The Bertz CT molecular complexity index is 1220. The summed E-state index contributed by atoms with van der Waals surface area (Å²) < 4.78 is 57.1. The van der Waals surface area contributed by atoms with Crippen molar-refractivity contribution in [2.24, 2.45) is 7.05 Å². The number of aryl methyl sites for hydroxylation is 1. The van der Waals surface area contributed by atoms with Gasteiger partial charge in [0.2, 0.25) is 11.3 Å². The first-order chi connectivity index (χ1) is 14.8. The number of benzene rings is 2. The van der Waals surface area contributed by atoms with Crippen molar-refractivity contribution in [3.05, 3.63) is 81.8 Å². The Morgan fingerprint density at radius 1 is 1.16 bits per heavy atom. The number of rotatable bonds is 7. The van der Waals surface area contributed by atoms with E-state index in [1.807, 2.05) is 6.07 Å². The molecule has 0 radical (unpaired) electrons. The lowest BCUT2D eigenvalue weighted by Crippen LogP contribution is -2.20. The fourth-order valence-electron chi connectivity index (χ4n) is 3.39. The maximum absolute atomic E-state index is 14.2. The quantitative estimate of drug-likeness (QED) is 0.533. The van der Waals surface area contributed by atoms with E-state index in [0.717, 1.165) is 25.0 Å². The average Bonchev–Trinajstić information content (AvgIpc) is 3.56. The van der Waals surface area contributed by atoms with Gasteiger partial charge in [-0.2, -0.15) is 0 Å². The molecule has 9 heteroatoms. The molecule has 0 amide bonds. The summed E-state index contributed by atoms with van der Waals surface area (Å²) in [6.45, 7) is 0.114. The zero-order valence-corrected chi connectivity index (χ0v) is 17.4. The molecule has 1 aliphatic carbocycles. The van der Waals surface area contributed by atoms with E-state index in [0.29, 0.717) is 28.0 Å². The first-order valence-electron chi connectivity index (χ1n) is 9.63. The van der Waals surface area contributed by atoms with E-state index >= 15 is 0 Å². The molecule has 0 spiro atoms. The molecule has 0 aliphatic heterocycles. The zero-order chi connectivity index (χ0) is 22.1. The van der Waals surface area contributed by atoms with Gasteiger partial charge in [-0.05, 0) is 54.7 Å².